The van der Waals surface area contributed by atoms with Crippen LogP contribution in [0, 0.1) is 19.3 Å². The van der Waals surface area contributed by atoms with Crippen LogP contribution in [0.3, 0.4) is 0 Å². The summed E-state index contributed by atoms with van der Waals surface area (Å²) < 4.78 is 27.8. The molecule has 1 aliphatic carbocycles. The largest absolute Gasteiger partial charge is 0.386 e. The molecule has 0 aliphatic heterocycles. The standard InChI is InChI=1S/C12H21N5O2S/c1-8-10(9(2)16-15-8)20(18,19)17-12(11(13)14)6-4-3-5-7-12/h17H,3-7H2,1-2H3,(H3,13,14)(H,15,16). The minimum Gasteiger partial charge on any atom is -0.386 e. The van der Waals surface area contributed by atoms with Gasteiger partial charge in [0.25, 0.3) is 0 Å². The molecule has 0 spiro atoms. The van der Waals surface area contributed by atoms with E-state index in [-0.39, 0.29) is 10.7 Å². The van der Waals surface area contributed by atoms with Crippen LogP contribution in [-0.4, -0.2) is 30.0 Å². The third-order valence-corrected chi connectivity index (χ3v) is 5.68. The predicted molar refractivity (Wildman–Crippen MR) is 76.1 cm³/mol. The van der Waals surface area contributed by atoms with Gasteiger partial charge in [0.05, 0.1) is 16.9 Å². The van der Waals surface area contributed by atoms with Gasteiger partial charge in [-0.2, -0.15) is 9.82 Å². The Hall–Kier alpha value is -1.41. The average molecular weight is 299 g/mol. The van der Waals surface area contributed by atoms with Gasteiger partial charge in [-0.3, -0.25) is 10.5 Å². The van der Waals surface area contributed by atoms with Gasteiger partial charge in [0.2, 0.25) is 10.0 Å². The van der Waals surface area contributed by atoms with Crippen LogP contribution in [0.1, 0.15) is 43.5 Å². The van der Waals surface area contributed by atoms with Gasteiger partial charge in [-0.05, 0) is 26.7 Å². The van der Waals surface area contributed by atoms with Crippen LogP contribution in [0.2, 0.25) is 0 Å². The maximum absolute atomic E-state index is 12.6. The van der Waals surface area contributed by atoms with Crippen molar-refractivity contribution < 1.29 is 8.42 Å². The number of sulfonamides is 1. The van der Waals surface area contributed by atoms with Gasteiger partial charge in [0.1, 0.15) is 10.7 Å². The molecule has 2 rings (SSSR count). The van der Waals surface area contributed by atoms with Crippen molar-refractivity contribution in [2.75, 3.05) is 0 Å². The fourth-order valence-electron chi connectivity index (χ4n) is 2.83. The summed E-state index contributed by atoms with van der Waals surface area (Å²) >= 11 is 0. The molecule has 1 aromatic heterocycles. The molecule has 0 atom stereocenters. The Morgan fingerprint density at radius 2 is 1.95 bits per heavy atom. The number of nitrogens with zero attached hydrogens (tertiary/aromatic N) is 1. The zero-order valence-corrected chi connectivity index (χ0v) is 12.6. The van der Waals surface area contributed by atoms with Crippen LogP contribution in [0.4, 0.5) is 0 Å². The van der Waals surface area contributed by atoms with Crippen LogP contribution < -0.4 is 10.5 Å². The number of aromatic amines is 1. The molecular weight excluding hydrogens is 278 g/mol. The van der Waals surface area contributed by atoms with E-state index in [0.717, 1.165) is 19.3 Å². The van der Waals surface area contributed by atoms with Crippen molar-refractivity contribution in [3.8, 4) is 0 Å². The third kappa shape index (κ3) is 2.57. The molecule has 0 unspecified atom stereocenters. The first kappa shape index (κ1) is 15.0. The summed E-state index contributed by atoms with van der Waals surface area (Å²) in [6.07, 6.45) is 3.91. The number of hydrogen-bond acceptors (Lipinski definition) is 4. The normalized spacial score (nSPS) is 18.9. The number of nitrogens with one attached hydrogen (secondary N) is 3. The topological polar surface area (TPSA) is 125 Å². The van der Waals surface area contributed by atoms with E-state index in [0.29, 0.717) is 24.2 Å². The van der Waals surface area contributed by atoms with E-state index in [9.17, 15) is 8.42 Å². The lowest BCUT2D eigenvalue weighted by Crippen LogP contribution is -2.58. The van der Waals surface area contributed by atoms with Crippen molar-refractivity contribution >= 4 is 15.9 Å². The molecule has 5 N–H and O–H groups in total. The van der Waals surface area contributed by atoms with Gasteiger partial charge in [0, 0.05) is 0 Å². The highest BCUT2D eigenvalue weighted by Gasteiger charge is 2.40. The second kappa shape index (κ2) is 5.17. The summed E-state index contributed by atoms with van der Waals surface area (Å²) in [7, 11) is -3.75. The number of nitrogens with two attached hydrogens (primary N) is 1. The van der Waals surface area contributed by atoms with E-state index in [4.69, 9.17) is 11.1 Å². The van der Waals surface area contributed by atoms with E-state index in [1.165, 1.54) is 0 Å². The quantitative estimate of drug-likeness (QED) is 0.488. The van der Waals surface area contributed by atoms with Crippen LogP contribution in [0.15, 0.2) is 4.90 Å². The van der Waals surface area contributed by atoms with Gasteiger partial charge in [-0.15, -0.1) is 0 Å². The summed E-state index contributed by atoms with van der Waals surface area (Å²) in [5.74, 6) is -0.112. The second-order valence-electron chi connectivity index (χ2n) is 5.43. The Morgan fingerprint density at radius 3 is 2.40 bits per heavy atom. The van der Waals surface area contributed by atoms with E-state index >= 15 is 0 Å². The highest BCUT2D eigenvalue weighted by atomic mass is 32.2. The number of aryl methyl sites for hydroxylation is 2. The Labute approximate surface area is 118 Å². The van der Waals surface area contributed by atoms with Crippen LogP contribution in [0.5, 0.6) is 0 Å². The molecule has 8 heteroatoms. The molecule has 1 saturated carbocycles. The fourth-order valence-corrected chi connectivity index (χ4v) is 4.64. The highest BCUT2D eigenvalue weighted by molar-refractivity contribution is 7.89. The number of amidine groups is 1. The first-order chi connectivity index (χ1) is 9.28. The number of aromatic nitrogens is 2. The van der Waals surface area contributed by atoms with Crippen molar-refractivity contribution in [3.05, 3.63) is 11.4 Å². The average Bonchev–Trinajstić information content (AvgIpc) is 2.70. The van der Waals surface area contributed by atoms with E-state index < -0.39 is 15.6 Å². The Bertz CT molecular complexity index is 594. The molecule has 0 saturated heterocycles. The minimum atomic E-state index is -3.75. The zero-order chi connectivity index (χ0) is 15.0. The van der Waals surface area contributed by atoms with Crippen molar-refractivity contribution in [1.82, 2.24) is 14.9 Å². The monoisotopic (exact) mass is 299 g/mol. The lowest BCUT2D eigenvalue weighted by atomic mass is 9.82. The summed E-state index contributed by atoms with van der Waals surface area (Å²) in [6.45, 7) is 3.30. The highest BCUT2D eigenvalue weighted by Crippen LogP contribution is 2.30. The van der Waals surface area contributed by atoms with Gasteiger partial charge >= 0.3 is 0 Å². The van der Waals surface area contributed by atoms with Crippen LogP contribution in [-0.2, 0) is 10.0 Å². The maximum Gasteiger partial charge on any atom is 0.245 e. The summed E-state index contributed by atoms with van der Waals surface area (Å²) in [4.78, 5) is 0.156. The molecule has 0 bridgehead atoms. The third-order valence-electron chi connectivity index (χ3n) is 3.88. The summed E-state index contributed by atoms with van der Waals surface area (Å²) in [6, 6.07) is 0. The van der Waals surface area contributed by atoms with E-state index in [2.05, 4.69) is 14.9 Å². The molecule has 1 heterocycles. The van der Waals surface area contributed by atoms with Gasteiger partial charge in [-0.1, -0.05) is 19.3 Å². The minimum absolute atomic E-state index is 0.112. The Morgan fingerprint density at radius 1 is 1.35 bits per heavy atom. The first-order valence-electron chi connectivity index (χ1n) is 6.68. The molecule has 20 heavy (non-hydrogen) atoms. The zero-order valence-electron chi connectivity index (χ0n) is 11.8. The molecule has 1 aliphatic rings. The lowest BCUT2D eigenvalue weighted by Gasteiger charge is -2.36. The number of H-pyrrole nitrogens is 1. The van der Waals surface area contributed by atoms with Gasteiger partial charge < -0.3 is 5.73 Å². The van der Waals surface area contributed by atoms with E-state index in [1.54, 1.807) is 13.8 Å². The molecule has 7 nitrogen and oxygen atoms in total. The predicted octanol–water partition coefficient (Wildman–Crippen LogP) is 0.944. The maximum atomic E-state index is 12.6. The van der Waals surface area contributed by atoms with Crippen LogP contribution in [0.25, 0.3) is 0 Å². The summed E-state index contributed by atoms with van der Waals surface area (Å²) in [5, 5.41) is 14.4. The molecule has 0 amide bonds. The molecule has 1 aromatic rings. The van der Waals surface area contributed by atoms with Gasteiger partial charge in [-0.25, -0.2) is 8.42 Å². The number of rotatable bonds is 4. The lowest BCUT2D eigenvalue weighted by molar-refractivity contribution is 0.348. The molecule has 1 fully saturated rings. The fraction of sp³-hybridized carbons (Fsp3) is 0.667. The number of hydrogen-bond donors (Lipinski definition) is 4. The smallest absolute Gasteiger partial charge is 0.245 e. The second-order valence-corrected chi connectivity index (χ2v) is 7.04. The van der Waals surface area contributed by atoms with Crippen molar-refractivity contribution in [1.29, 1.82) is 5.41 Å². The molecule has 112 valence electrons. The SMILES string of the molecule is Cc1n[nH]c(C)c1S(=O)(=O)NC1(C(=N)N)CCCCC1. The Balaban J connectivity index is 2.38. The molecule has 0 radical (unpaired) electrons. The summed E-state index contributed by atoms with van der Waals surface area (Å²) in [5.41, 5.74) is 5.63. The Kier molecular flexibility index (Phi) is 3.88. The van der Waals surface area contributed by atoms with Crippen molar-refractivity contribution in [3.63, 3.8) is 0 Å². The van der Waals surface area contributed by atoms with E-state index in [1.807, 2.05) is 0 Å². The van der Waals surface area contributed by atoms with Crippen molar-refractivity contribution in [2.45, 2.75) is 56.4 Å². The van der Waals surface area contributed by atoms with Crippen LogP contribution >= 0.6 is 0 Å². The van der Waals surface area contributed by atoms with Gasteiger partial charge in [0.15, 0.2) is 0 Å². The molecule has 0 aromatic carbocycles. The van der Waals surface area contributed by atoms with Crippen molar-refractivity contribution in [2.24, 2.45) is 5.73 Å². The first-order valence-corrected chi connectivity index (χ1v) is 8.17. The molecular formula is C12H21N5O2S.